The van der Waals surface area contributed by atoms with Crippen LogP contribution >= 0.6 is 0 Å². The van der Waals surface area contributed by atoms with Crippen LogP contribution in [0, 0.1) is 5.92 Å². The topological polar surface area (TPSA) is 64.3 Å². The molecule has 1 heterocycles. The Balaban J connectivity index is 1.90. The van der Waals surface area contributed by atoms with Crippen LogP contribution in [0.15, 0.2) is 24.3 Å². The summed E-state index contributed by atoms with van der Waals surface area (Å²) in [6.45, 7) is 4.14. The average molecular weight is 262 g/mol. The second-order valence-corrected chi connectivity index (χ2v) is 5.07. The summed E-state index contributed by atoms with van der Waals surface area (Å²) in [6, 6.07) is 7.65. The molecule has 1 aromatic rings. The lowest BCUT2D eigenvalue weighted by molar-refractivity contribution is 0.0907. The van der Waals surface area contributed by atoms with Gasteiger partial charge in [-0.25, -0.2) is 0 Å². The molecule has 1 amide bonds. The molecule has 19 heavy (non-hydrogen) atoms. The van der Waals surface area contributed by atoms with Crippen molar-refractivity contribution < 1.29 is 9.53 Å². The predicted molar refractivity (Wildman–Crippen MR) is 75.1 cm³/mol. The number of hydrogen-bond donors (Lipinski definition) is 2. The SMILES string of the molecule is CC1OCCC1CNC(=O)c1cccc(CCN)c1. The smallest absolute Gasteiger partial charge is 0.251 e. The van der Waals surface area contributed by atoms with Gasteiger partial charge in [0.15, 0.2) is 0 Å². The van der Waals surface area contributed by atoms with Gasteiger partial charge in [-0.2, -0.15) is 0 Å². The lowest BCUT2D eigenvalue weighted by atomic mass is 10.0. The van der Waals surface area contributed by atoms with Crippen LogP contribution < -0.4 is 11.1 Å². The Labute approximate surface area is 114 Å². The lowest BCUT2D eigenvalue weighted by Crippen LogP contribution is -2.32. The van der Waals surface area contributed by atoms with Crippen molar-refractivity contribution in [3.8, 4) is 0 Å². The molecule has 0 radical (unpaired) electrons. The summed E-state index contributed by atoms with van der Waals surface area (Å²) in [5.74, 6) is 0.411. The highest BCUT2D eigenvalue weighted by Crippen LogP contribution is 2.19. The molecule has 0 saturated carbocycles. The van der Waals surface area contributed by atoms with Gasteiger partial charge in [-0.05, 0) is 44.0 Å². The van der Waals surface area contributed by atoms with Crippen LogP contribution in [0.1, 0.15) is 29.3 Å². The zero-order valence-electron chi connectivity index (χ0n) is 11.4. The highest BCUT2D eigenvalue weighted by molar-refractivity contribution is 5.94. The predicted octanol–water partition coefficient (Wildman–Crippen LogP) is 1.34. The van der Waals surface area contributed by atoms with Crippen LogP contribution in [0.3, 0.4) is 0 Å². The van der Waals surface area contributed by atoms with Crippen molar-refractivity contribution in [2.45, 2.75) is 25.9 Å². The molecule has 1 saturated heterocycles. The maximum atomic E-state index is 12.1. The number of benzene rings is 1. The van der Waals surface area contributed by atoms with Crippen molar-refractivity contribution in [2.75, 3.05) is 19.7 Å². The van der Waals surface area contributed by atoms with Gasteiger partial charge in [0.25, 0.3) is 5.91 Å². The van der Waals surface area contributed by atoms with Gasteiger partial charge in [0.05, 0.1) is 6.10 Å². The van der Waals surface area contributed by atoms with E-state index >= 15 is 0 Å². The van der Waals surface area contributed by atoms with Crippen LogP contribution in [0.4, 0.5) is 0 Å². The molecule has 3 N–H and O–H groups in total. The molecule has 0 aromatic heterocycles. The molecule has 104 valence electrons. The number of ether oxygens (including phenoxy) is 1. The Hall–Kier alpha value is -1.39. The van der Waals surface area contributed by atoms with E-state index in [0.717, 1.165) is 25.0 Å². The number of amides is 1. The zero-order chi connectivity index (χ0) is 13.7. The molecule has 0 bridgehead atoms. The van der Waals surface area contributed by atoms with E-state index in [1.807, 2.05) is 24.3 Å². The highest BCUT2D eigenvalue weighted by Gasteiger charge is 2.24. The first kappa shape index (κ1) is 14.0. The fourth-order valence-corrected chi connectivity index (χ4v) is 2.40. The summed E-state index contributed by atoms with van der Waals surface area (Å²) in [5, 5.41) is 2.99. The van der Waals surface area contributed by atoms with Gasteiger partial charge in [-0.1, -0.05) is 12.1 Å². The number of rotatable bonds is 5. The number of hydrogen-bond acceptors (Lipinski definition) is 3. The number of nitrogens with one attached hydrogen (secondary N) is 1. The van der Waals surface area contributed by atoms with Crippen LogP contribution in [-0.4, -0.2) is 31.7 Å². The Morgan fingerprint density at radius 1 is 1.53 bits per heavy atom. The maximum Gasteiger partial charge on any atom is 0.251 e. The molecule has 2 rings (SSSR count). The molecule has 0 spiro atoms. The van der Waals surface area contributed by atoms with E-state index in [2.05, 4.69) is 12.2 Å². The molecule has 4 heteroatoms. The van der Waals surface area contributed by atoms with Crippen molar-refractivity contribution in [1.82, 2.24) is 5.32 Å². The monoisotopic (exact) mass is 262 g/mol. The fourth-order valence-electron chi connectivity index (χ4n) is 2.40. The van der Waals surface area contributed by atoms with Crippen molar-refractivity contribution in [1.29, 1.82) is 0 Å². The molecule has 2 atom stereocenters. The Kier molecular flexibility index (Phi) is 4.93. The summed E-state index contributed by atoms with van der Waals surface area (Å²) < 4.78 is 5.49. The summed E-state index contributed by atoms with van der Waals surface area (Å²) in [5.41, 5.74) is 7.34. The standard InChI is InChI=1S/C15H22N2O2/c1-11-14(6-8-19-11)10-17-15(18)13-4-2-3-12(9-13)5-7-16/h2-4,9,11,14H,5-8,10,16H2,1H3,(H,17,18). The van der Waals surface area contributed by atoms with E-state index in [1.54, 1.807) is 0 Å². The third kappa shape index (κ3) is 3.78. The van der Waals surface area contributed by atoms with E-state index in [4.69, 9.17) is 10.5 Å². The van der Waals surface area contributed by atoms with E-state index in [1.165, 1.54) is 0 Å². The molecule has 1 aliphatic heterocycles. The van der Waals surface area contributed by atoms with Gasteiger partial charge in [0.2, 0.25) is 0 Å². The molecule has 0 aliphatic carbocycles. The minimum atomic E-state index is -0.0158. The van der Waals surface area contributed by atoms with Crippen molar-refractivity contribution >= 4 is 5.91 Å². The Morgan fingerprint density at radius 2 is 2.37 bits per heavy atom. The molecule has 2 unspecified atom stereocenters. The van der Waals surface area contributed by atoms with E-state index < -0.39 is 0 Å². The minimum Gasteiger partial charge on any atom is -0.378 e. The first-order chi connectivity index (χ1) is 9.20. The Morgan fingerprint density at radius 3 is 3.05 bits per heavy atom. The first-order valence-corrected chi connectivity index (χ1v) is 6.89. The average Bonchev–Trinajstić information content (AvgIpc) is 2.82. The highest BCUT2D eigenvalue weighted by atomic mass is 16.5. The largest absolute Gasteiger partial charge is 0.378 e. The quantitative estimate of drug-likeness (QED) is 0.841. The van der Waals surface area contributed by atoms with Crippen LogP contribution in [0.2, 0.25) is 0 Å². The van der Waals surface area contributed by atoms with Crippen molar-refractivity contribution in [3.63, 3.8) is 0 Å². The molecular formula is C15H22N2O2. The summed E-state index contributed by atoms with van der Waals surface area (Å²) in [4.78, 5) is 12.1. The van der Waals surface area contributed by atoms with Gasteiger partial charge in [0.1, 0.15) is 0 Å². The van der Waals surface area contributed by atoms with Gasteiger partial charge in [0, 0.05) is 24.6 Å². The van der Waals surface area contributed by atoms with Crippen LogP contribution in [0.25, 0.3) is 0 Å². The second kappa shape index (κ2) is 6.68. The number of carbonyl (C=O) groups excluding carboxylic acids is 1. The normalized spacial score (nSPS) is 22.4. The van der Waals surface area contributed by atoms with Crippen LogP contribution in [-0.2, 0) is 11.2 Å². The molecule has 1 aliphatic rings. The summed E-state index contributed by atoms with van der Waals surface area (Å²) in [6.07, 6.45) is 2.06. The second-order valence-electron chi connectivity index (χ2n) is 5.07. The number of nitrogens with two attached hydrogens (primary N) is 1. The summed E-state index contributed by atoms with van der Waals surface area (Å²) in [7, 11) is 0. The maximum absolute atomic E-state index is 12.1. The first-order valence-electron chi connectivity index (χ1n) is 6.89. The zero-order valence-corrected chi connectivity index (χ0v) is 11.4. The van der Waals surface area contributed by atoms with E-state index in [-0.39, 0.29) is 12.0 Å². The minimum absolute atomic E-state index is 0.0158. The van der Waals surface area contributed by atoms with E-state index in [9.17, 15) is 4.79 Å². The number of carbonyl (C=O) groups is 1. The van der Waals surface area contributed by atoms with Crippen LogP contribution in [0.5, 0.6) is 0 Å². The molecule has 1 aromatic carbocycles. The third-order valence-electron chi connectivity index (χ3n) is 3.68. The third-order valence-corrected chi connectivity index (χ3v) is 3.68. The Bertz CT molecular complexity index is 434. The fraction of sp³-hybridized carbons (Fsp3) is 0.533. The van der Waals surface area contributed by atoms with Gasteiger partial charge in [-0.15, -0.1) is 0 Å². The van der Waals surface area contributed by atoms with Gasteiger partial charge >= 0.3 is 0 Å². The molecule has 4 nitrogen and oxygen atoms in total. The van der Waals surface area contributed by atoms with E-state index in [0.29, 0.717) is 24.6 Å². The van der Waals surface area contributed by atoms with Crippen molar-refractivity contribution in [3.05, 3.63) is 35.4 Å². The van der Waals surface area contributed by atoms with Crippen molar-refractivity contribution in [2.24, 2.45) is 11.7 Å². The molecule has 1 fully saturated rings. The van der Waals surface area contributed by atoms with Gasteiger partial charge < -0.3 is 15.8 Å². The summed E-state index contributed by atoms with van der Waals surface area (Å²) >= 11 is 0. The lowest BCUT2D eigenvalue weighted by Gasteiger charge is -2.14. The molecular weight excluding hydrogens is 240 g/mol. The van der Waals surface area contributed by atoms with Gasteiger partial charge in [-0.3, -0.25) is 4.79 Å².